The van der Waals surface area contributed by atoms with Gasteiger partial charge >= 0.3 is 10.1 Å². The lowest BCUT2D eigenvalue weighted by Crippen LogP contribution is -2.28. The molecule has 35 heavy (non-hydrogen) atoms. The second kappa shape index (κ2) is 10.1. The number of methoxy groups -OCH3 is 1. The number of amides is 2. The van der Waals surface area contributed by atoms with Crippen LogP contribution >= 0.6 is 23.4 Å². The molecule has 0 radical (unpaired) electrons. The van der Waals surface area contributed by atoms with Gasteiger partial charge in [0, 0.05) is 10.6 Å². The Balaban J connectivity index is 1.61. The van der Waals surface area contributed by atoms with Gasteiger partial charge in [-0.3, -0.25) is 14.5 Å². The fourth-order valence-corrected chi connectivity index (χ4v) is 5.25. The molecule has 1 aliphatic rings. The molecule has 0 aromatic heterocycles. The summed E-state index contributed by atoms with van der Waals surface area (Å²) >= 11 is 6.70. The van der Waals surface area contributed by atoms with E-state index in [9.17, 15) is 22.4 Å². The summed E-state index contributed by atoms with van der Waals surface area (Å²) in [6, 6.07) is 16.1. The second-order valence-corrected chi connectivity index (χ2v) is 10.2. The second-order valence-electron chi connectivity index (χ2n) is 7.23. The fraction of sp³-hybridized carbons (Fsp3) is 0.0833. The molecule has 0 aliphatic carbocycles. The Morgan fingerprint density at radius 3 is 2.46 bits per heavy atom. The third kappa shape index (κ3) is 5.34. The van der Waals surface area contributed by atoms with Gasteiger partial charge in [-0.05, 0) is 59.8 Å². The maximum Gasteiger partial charge on any atom is 0.339 e. The van der Waals surface area contributed by atoms with Crippen molar-refractivity contribution < 1.29 is 31.3 Å². The fourth-order valence-electron chi connectivity index (χ4n) is 3.23. The predicted octanol–water partition coefficient (Wildman–Crippen LogP) is 5.49. The lowest BCUT2D eigenvalue weighted by atomic mass is 10.1. The minimum Gasteiger partial charge on any atom is -0.493 e. The van der Waals surface area contributed by atoms with E-state index in [1.807, 2.05) is 0 Å². The molecular weight excluding hydrogens is 517 g/mol. The van der Waals surface area contributed by atoms with E-state index in [0.717, 1.165) is 4.90 Å². The van der Waals surface area contributed by atoms with E-state index in [2.05, 4.69) is 0 Å². The highest BCUT2D eigenvalue weighted by molar-refractivity contribution is 8.18. The minimum absolute atomic E-state index is 0.0315. The summed E-state index contributed by atoms with van der Waals surface area (Å²) in [6.45, 7) is -0.320. The summed E-state index contributed by atoms with van der Waals surface area (Å²) in [5.74, 6) is -1.20. The molecule has 2 amide bonds. The van der Waals surface area contributed by atoms with Crippen LogP contribution in [-0.4, -0.2) is 31.6 Å². The molecular formula is C24H17ClFNO6S2. The number of carbonyl (C=O) groups is 2. The molecule has 0 N–H and O–H groups in total. The highest BCUT2D eigenvalue weighted by atomic mass is 35.5. The SMILES string of the molecule is COc1ccc(/C=C2\SC(=O)N(Cc3c(F)cccc3Cl)C2=O)cc1OS(=O)(=O)c1ccccc1. The molecule has 1 heterocycles. The summed E-state index contributed by atoms with van der Waals surface area (Å²) in [7, 11) is -2.79. The van der Waals surface area contributed by atoms with E-state index in [1.54, 1.807) is 24.3 Å². The first-order valence-electron chi connectivity index (χ1n) is 10.1. The maximum absolute atomic E-state index is 14.1. The van der Waals surface area contributed by atoms with E-state index in [0.29, 0.717) is 17.3 Å². The van der Waals surface area contributed by atoms with Crippen molar-refractivity contribution in [1.82, 2.24) is 4.90 Å². The van der Waals surface area contributed by atoms with Gasteiger partial charge in [-0.25, -0.2) is 4.39 Å². The number of imide groups is 1. The number of nitrogens with zero attached hydrogens (tertiary/aromatic N) is 1. The summed E-state index contributed by atoms with van der Waals surface area (Å²) in [5, 5.41) is -0.484. The summed E-state index contributed by atoms with van der Waals surface area (Å²) in [6.07, 6.45) is 1.41. The van der Waals surface area contributed by atoms with E-state index >= 15 is 0 Å². The monoisotopic (exact) mass is 533 g/mol. The Morgan fingerprint density at radius 2 is 1.77 bits per heavy atom. The normalized spacial score (nSPS) is 15.1. The van der Waals surface area contributed by atoms with Gasteiger partial charge in [-0.1, -0.05) is 41.9 Å². The number of carbonyl (C=O) groups excluding carboxylic acids is 2. The molecule has 0 spiro atoms. The molecule has 11 heteroatoms. The molecule has 180 valence electrons. The van der Waals surface area contributed by atoms with Crippen LogP contribution < -0.4 is 8.92 Å². The number of ether oxygens (including phenoxy) is 1. The molecule has 0 atom stereocenters. The van der Waals surface area contributed by atoms with E-state index < -0.39 is 27.1 Å². The van der Waals surface area contributed by atoms with Gasteiger partial charge in [0.05, 0.1) is 18.6 Å². The van der Waals surface area contributed by atoms with E-state index in [1.165, 1.54) is 55.7 Å². The number of rotatable bonds is 7. The first-order chi connectivity index (χ1) is 16.7. The van der Waals surface area contributed by atoms with Crippen molar-refractivity contribution in [3.8, 4) is 11.5 Å². The van der Waals surface area contributed by atoms with Crippen LogP contribution in [0.25, 0.3) is 6.08 Å². The molecule has 4 rings (SSSR count). The molecule has 0 saturated carbocycles. The molecule has 7 nitrogen and oxygen atoms in total. The Bertz CT molecular complexity index is 1420. The maximum atomic E-state index is 14.1. The number of halogens is 2. The van der Waals surface area contributed by atoms with Crippen LogP contribution in [-0.2, 0) is 21.5 Å². The van der Waals surface area contributed by atoms with Gasteiger partial charge in [-0.2, -0.15) is 8.42 Å². The van der Waals surface area contributed by atoms with Gasteiger partial charge < -0.3 is 8.92 Å². The lowest BCUT2D eigenvalue weighted by molar-refractivity contribution is -0.123. The first kappa shape index (κ1) is 24.8. The highest BCUT2D eigenvalue weighted by Crippen LogP contribution is 2.37. The van der Waals surface area contributed by atoms with Crippen LogP contribution in [0.15, 0.2) is 76.5 Å². The molecule has 3 aromatic carbocycles. The molecule has 0 unspecified atom stereocenters. The van der Waals surface area contributed by atoms with Gasteiger partial charge in [0.15, 0.2) is 11.5 Å². The van der Waals surface area contributed by atoms with Gasteiger partial charge in [-0.15, -0.1) is 0 Å². The zero-order chi connectivity index (χ0) is 25.2. The van der Waals surface area contributed by atoms with Crippen molar-refractivity contribution >= 4 is 50.7 Å². The Morgan fingerprint density at radius 1 is 1.03 bits per heavy atom. The predicted molar refractivity (Wildman–Crippen MR) is 130 cm³/mol. The lowest BCUT2D eigenvalue weighted by Gasteiger charge is -2.14. The topological polar surface area (TPSA) is 90.0 Å². The van der Waals surface area contributed by atoms with Crippen molar-refractivity contribution in [2.75, 3.05) is 7.11 Å². The Kier molecular flexibility index (Phi) is 7.15. The molecule has 1 aliphatic heterocycles. The van der Waals surface area contributed by atoms with E-state index in [-0.39, 0.29) is 38.4 Å². The van der Waals surface area contributed by atoms with Crippen LogP contribution in [0.4, 0.5) is 9.18 Å². The van der Waals surface area contributed by atoms with Crippen LogP contribution in [0.1, 0.15) is 11.1 Å². The van der Waals surface area contributed by atoms with Crippen molar-refractivity contribution in [2.45, 2.75) is 11.4 Å². The minimum atomic E-state index is -4.14. The van der Waals surface area contributed by atoms with Crippen molar-refractivity contribution in [3.05, 3.63) is 93.6 Å². The van der Waals surface area contributed by atoms with Gasteiger partial charge in [0.25, 0.3) is 11.1 Å². The number of hydrogen-bond acceptors (Lipinski definition) is 7. The average Bonchev–Trinajstić information content (AvgIpc) is 3.09. The third-order valence-corrected chi connectivity index (χ3v) is 7.48. The molecule has 1 fully saturated rings. The van der Waals surface area contributed by atoms with Crippen molar-refractivity contribution in [1.29, 1.82) is 0 Å². The third-order valence-electron chi connectivity index (χ3n) is 4.97. The number of benzene rings is 3. The zero-order valence-electron chi connectivity index (χ0n) is 18.1. The number of hydrogen-bond donors (Lipinski definition) is 0. The standard InChI is InChI=1S/C24H17ClFNO6S2/c1-32-20-11-10-15(12-21(20)33-35(30,31)16-6-3-2-4-7-16)13-22-23(28)27(24(29)34-22)14-17-18(25)8-5-9-19(17)26/h2-13H,14H2,1H3/b22-13-. The van der Waals surface area contributed by atoms with Crippen LogP contribution in [0.2, 0.25) is 5.02 Å². The Labute approximate surface area is 210 Å². The molecule has 1 saturated heterocycles. The largest absolute Gasteiger partial charge is 0.493 e. The van der Waals surface area contributed by atoms with Crippen molar-refractivity contribution in [2.24, 2.45) is 0 Å². The highest BCUT2D eigenvalue weighted by Gasteiger charge is 2.36. The zero-order valence-corrected chi connectivity index (χ0v) is 20.5. The van der Waals surface area contributed by atoms with Crippen LogP contribution in [0, 0.1) is 5.82 Å². The van der Waals surface area contributed by atoms with Crippen LogP contribution in [0.5, 0.6) is 11.5 Å². The summed E-state index contributed by atoms with van der Waals surface area (Å²) in [5.41, 5.74) is 0.419. The smallest absolute Gasteiger partial charge is 0.339 e. The Hall–Kier alpha value is -3.34. The first-order valence-corrected chi connectivity index (χ1v) is 12.7. The quantitative estimate of drug-likeness (QED) is 0.293. The van der Waals surface area contributed by atoms with Crippen molar-refractivity contribution in [3.63, 3.8) is 0 Å². The average molecular weight is 534 g/mol. The van der Waals surface area contributed by atoms with Crippen LogP contribution in [0.3, 0.4) is 0 Å². The summed E-state index contributed by atoms with van der Waals surface area (Å²) in [4.78, 5) is 26.3. The molecule has 3 aromatic rings. The van der Waals surface area contributed by atoms with Gasteiger partial charge in [0.1, 0.15) is 10.7 Å². The van der Waals surface area contributed by atoms with E-state index in [4.69, 9.17) is 20.5 Å². The number of thioether (sulfide) groups is 1. The molecule has 0 bridgehead atoms. The van der Waals surface area contributed by atoms with Gasteiger partial charge in [0.2, 0.25) is 0 Å². The summed E-state index contributed by atoms with van der Waals surface area (Å²) < 4.78 is 49.9.